The Morgan fingerprint density at radius 3 is 2.95 bits per heavy atom. The first kappa shape index (κ1) is 14.1. The highest BCUT2D eigenvalue weighted by Gasteiger charge is 2.09. The van der Waals surface area contributed by atoms with Gasteiger partial charge < -0.3 is 9.47 Å². The Labute approximate surface area is 127 Å². The topological polar surface area (TPSA) is 66.2 Å². The van der Waals surface area contributed by atoms with Crippen molar-refractivity contribution in [3.8, 4) is 11.5 Å². The summed E-state index contributed by atoms with van der Waals surface area (Å²) in [5, 5.41) is 5.13. The van der Waals surface area contributed by atoms with Gasteiger partial charge in [0, 0.05) is 24.2 Å². The first-order valence-electron chi connectivity index (χ1n) is 6.74. The standard InChI is InChI=1S/C16H15N3O3/c1-19-16-14(8-18-19)11(5-6-17-16)10-22-15-4-3-13(21-2)7-12(15)9-20/h3-9H,10H2,1-2H3. The molecular formula is C16H15N3O3. The molecule has 0 saturated heterocycles. The molecule has 0 aliphatic carbocycles. The molecule has 22 heavy (non-hydrogen) atoms. The summed E-state index contributed by atoms with van der Waals surface area (Å²) in [6, 6.07) is 7.02. The van der Waals surface area contributed by atoms with Crippen molar-refractivity contribution in [1.29, 1.82) is 0 Å². The van der Waals surface area contributed by atoms with Crippen LogP contribution >= 0.6 is 0 Å². The van der Waals surface area contributed by atoms with Gasteiger partial charge in [-0.15, -0.1) is 0 Å². The Bertz CT molecular complexity index is 827. The molecule has 0 bridgehead atoms. The number of aromatic nitrogens is 3. The van der Waals surface area contributed by atoms with Gasteiger partial charge in [-0.05, 0) is 24.3 Å². The van der Waals surface area contributed by atoms with Crippen LogP contribution in [0.15, 0.2) is 36.7 Å². The van der Waals surface area contributed by atoms with E-state index in [4.69, 9.17) is 9.47 Å². The summed E-state index contributed by atoms with van der Waals surface area (Å²) in [7, 11) is 3.40. The van der Waals surface area contributed by atoms with Crippen molar-refractivity contribution in [3.05, 3.63) is 47.8 Å². The van der Waals surface area contributed by atoms with Gasteiger partial charge >= 0.3 is 0 Å². The van der Waals surface area contributed by atoms with E-state index in [9.17, 15) is 4.79 Å². The number of benzene rings is 1. The van der Waals surface area contributed by atoms with Crippen molar-refractivity contribution in [1.82, 2.24) is 14.8 Å². The van der Waals surface area contributed by atoms with Crippen LogP contribution in [0.5, 0.6) is 11.5 Å². The number of carbonyl (C=O) groups excluding carboxylic acids is 1. The van der Waals surface area contributed by atoms with Gasteiger partial charge in [0.2, 0.25) is 0 Å². The van der Waals surface area contributed by atoms with Crippen LogP contribution in [0.3, 0.4) is 0 Å². The van der Waals surface area contributed by atoms with Crippen LogP contribution in [0.2, 0.25) is 0 Å². The Balaban J connectivity index is 1.86. The zero-order valence-electron chi connectivity index (χ0n) is 12.3. The monoisotopic (exact) mass is 297 g/mol. The second-order valence-electron chi connectivity index (χ2n) is 4.79. The summed E-state index contributed by atoms with van der Waals surface area (Å²) in [5.74, 6) is 1.14. The first-order chi connectivity index (χ1) is 10.7. The highest BCUT2D eigenvalue weighted by atomic mass is 16.5. The molecule has 3 aromatic rings. The highest BCUT2D eigenvalue weighted by molar-refractivity contribution is 5.80. The van der Waals surface area contributed by atoms with E-state index in [0.717, 1.165) is 22.9 Å². The molecule has 0 spiro atoms. The van der Waals surface area contributed by atoms with Crippen LogP contribution in [0.4, 0.5) is 0 Å². The van der Waals surface area contributed by atoms with E-state index in [1.54, 1.807) is 42.4 Å². The molecule has 6 nitrogen and oxygen atoms in total. The summed E-state index contributed by atoms with van der Waals surface area (Å²) < 4.78 is 12.6. The molecule has 0 aliphatic heterocycles. The van der Waals surface area contributed by atoms with Crippen LogP contribution in [0, 0.1) is 0 Å². The molecule has 0 fully saturated rings. The largest absolute Gasteiger partial charge is 0.497 e. The predicted molar refractivity (Wildman–Crippen MR) is 81.2 cm³/mol. The van der Waals surface area contributed by atoms with E-state index < -0.39 is 0 Å². The van der Waals surface area contributed by atoms with Gasteiger partial charge in [0.15, 0.2) is 11.9 Å². The molecule has 3 rings (SSSR count). The fourth-order valence-electron chi connectivity index (χ4n) is 2.26. The number of methoxy groups -OCH3 is 1. The smallest absolute Gasteiger partial charge is 0.157 e. The van der Waals surface area contributed by atoms with Gasteiger partial charge in [-0.3, -0.25) is 9.48 Å². The van der Waals surface area contributed by atoms with Crippen molar-refractivity contribution >= 4 is 17.3 Å². The van der Waals surface area contributed by atoms with Crippen LogP contribution in [-0.4, -0.2) is 28.2 Å². The van der Waals surface area contributed by atoms with Crippen LogP contribution in [0.25, 0.3) is 11.0 Å². The van der Waals surface area contributed by atoms with Crippen LogP contribution < -0.4 is 9.47 Å². The lowest BCUT2D eigenvalue weighted by Gasteiger charge is -2.10. The molecule has 0 atom stereocenters. The number of hydrogen-bond donors (Lipinski definition) is 0. The maximum absolute atomic E-state index is 11.2. The number of hydrogen-bond acceptors (Lipinski definition) is 5. The zero-order chi connectivity index (χ0) is 15.5. The molecule has 112 valence electrons. The van der Waals surface area contributed by atoms with Gasteiger partial charge in [-0.2, -0.15) is 5.10 Å². The number of rotatable bonds is 5. The van der Waals surface area contributed by atoms with Crippen LogP contribution in [-0.2, 0) is 13.7 Å². The zero-order valence-corrected chi connectivity index (χ0v) is 12.3. The summed E-state index contributed by atoms with van der Waals surface area (Å²) >= 11 is 0. The molecule has 1 aromatic carbocycles. The number of carbonyl (C=O) groups is 1. The van der Waals surface area contributed by atoms with Gasteiger partial charge in [-0.1, -0.05) is 0 Å². The molecule has 6 heteroatoms. The average Bonchev–Trinajstić information content (AvgIpc) is 2.94. The maximum Gasteiger partial charge on any atom is 0.157 e. The molecule has 0 aliphatic rings. The number of aldehydes is 1. The van der Waals surface area contributed by atoms with Gasteiger partial charge in [0.05, 0.1) is 18.9 Å². The van der Waals surface area contributed by atoms with Crippen molar-refractivity contribution in [3.63, 3.8) is 0 Å². The SMILES string of the molecule is COc1ccc(OCc2ccnc3c2cnn3C)c(C=O)c1. The molecule has 0 unspecified atom stereocenters. The number of aryl methyl sites for hydroxylation is 1. The fraction of sp³-hybridized carbons (Fsp3) is 0.188. The lowest BCUT2D eigenvalue weighted by molar-refractivity contribution is 0.111. The summed E-state index contributed by atoms with van der Waals surface area (Å²) in [4.78, 5) is 15.4. The lowest BCUT2D eigenvalue weighted by atomic mass is 10.2. The van der Waals surface area contributed by atoms with E-state index >= 15 is 0 Å². The summed E-state index contributed by atoms with van der Waals surface area (Å²) in [6.45, 7) is 0.331. The third-order valence-electron chi connectivity index (χ3n) is 3.45. The minimum absolute atomic E-state index is 0.331. The quantitative estimate of drug-likeness (QED) is 0.676. The number of nitrogens with zero attached hydrogens (tertiary/aromatic N) is 3. The summed E-state index contributed by atoms with van der Waals surface area (Å²) in [5.41, 5.74) is 2.22. The summed E-state index contributed by atoms with van der Waals surface area (Å²) in [6.07, 6.45) is 4.23. The Hall–Kier alpha value is -2.89. The van der Waals surface area contributed by atoms with E-state index in [1.165, 1.54) is 0 Å². The third kappa shape index (κ3) is 2.50. The predicted octanol–water partition coefficient (Wildman–Crippen LogP) is 2.37. The van der Waals surface area contributed by atoms with Crippen molar-refractivity contribution in [2.75, 3.05) is 7.11 Å². The molecular weight excluding hydrogens is 282 g/mol. The lowest BCUT2D eigenvalue weighted by Crippen LogP contribution is -2.00. The molecule has 2 aromatic heterocycles. The number of pyridine rings is 1. The normalized spacial score (nSPS) is 10.6. The fourth-order valence-corrected chi connectivity index (χ4v) is 2.26. The van der Waals surface area contributed by atoms with Crippen LogP contribution in [0.1, 0.15) is 15.9 Å². The Morgan fingerprint density at radius 2 is 2.18 bits per heavy atom. The molecule has 0 saturated carbocycles. The Kier molecular flexibility index (Phi) is 3.74. The van der Waals surface area contributed by atoms with Gasteiger partial charge in [0.1, 0.15) is 18.1 Å². The molecule has 2 heterocycles. The highest BCUT2D eigenvalue weighted by Crippen LogP contribution is 2.24. The maximum atomic E-state index is 11.2. The molecule has 0 radical (unpaired) electrons. The first-order valence-corrected chi connectivity index (χ1v) is 6.74. The van der Waals surface area contributed by atoms with Crippen molar-refractivity contribution in [2.24, 2.45) is 7.05 Å². The third-order valence-corrected chi connectivity index (χ3v) is 3.45. The van der Waals surface area contributed by atoms with Crippen molar-refractivity contribution < 1.29 is 14.3 Å². The van der Waals surface area contributed by atoms with E-state index in [1.807, 2.05) is 13.1 Å². The van der Waals surface area contributed by atoms with E-state index in [2.05, 4.69) is 10.1 Å². The van der Waals surface area contributed by atoms with E-state index in [0.29, 0.717) is 23.7 Å². The van der Waals surface area contributed by atoms with E-state index in [-0.39, 0.29) is 0 Å². The Morgan fingerprint density at radius 1 is 1.32 bits per heavy atom. The molecule has 0 amide bonds. The number of ether oxygens (including phenoxy) is 2. The minimum Gasteiger partial charge on any atom is -0.497 e. The van der Waals surface area contributed by atoms with Gasteiger partial charge in [0.25, 0.3) is 0 Å². The van der Waals surface area contributed by atoms with Gasteiger partial charge in [-0.25, -0.2) is 4.98 Å². The average molecular weight is 297 g/mol. The second kappa shape index (κ2) is 5.85. The minimum atomic E-state index is 0.331. The molecule has 0 N–H and O–H groups in total. The number of fused-ring (bicyclic) bond motifs is 1. The second-order valence-corrected chi connectivity index (χ2v) is 4.79. The van der Waals surface area contributed by atoms with Crippen molar-refractivity contribution in [2.45, 2.75) is 6.61 Å².